The average Bonchev–Trinajstić information content (AvgIpc) is 2.60. The molecule has 0 radical (unpaired) electrons. The summed E-state index contributed by atoms with van der Waals surface area (Å²) in [5, 5.41) is 2.82. The predicted molar refractivity (Wildman–Crippen MR) is 69.3 cm³/mol. The Morgan fingerprint density at radius 2 is 2.17 bits per heavy atom. The van der Waals surface area contributed by atoms with Gasteiger partial charge >= 0.3 is 6.09 Å². The van der Waals surface area contributed by atoms with E-state index in [1.165, 1.54) is 0 Å². The van der Waals surface area contributed by atoms with Crippen molar-refractivity contribution >= 4 is 12.0 Å². The molecule has 0 aromatic rings. The molecule has 0 bridgehead atoms. The first-order valence-electron chi connectivity index (χ1n) is 6.59. The molecule has 0 spiro atoms. The van der Waals surface area contributed by atoms with Crippen LogP contribution in [-0.4, -0.2) is 41.6 Å². The maximum absolute atomic E-state index is 11.6. The van der Waals surface area contributed by atoms with Gasteiger partial charge in [-0.15, -0.1) is 0 Å². The Kier molecular flexibility index (Phi) is 4.99. The SMILES string of the molecule is CCC(CN1CCCC1=O)NC(=O)OC(C)(C)C. The minimum absolute atomic E-state index is 0.0399. The molecule has 0 aromatic heterocycles. The maximum atomic E-state index is 11.6. The lowest BCUT2D eigenvalue weighted by atomic mass is 10.2. The second-order valence-corrected chi connectivity index (χ2v) is 5.69. The van der Waals surface area contributed by atoms with Gasteiger partial charge in [-0.25, -0.2) is 4.79 Å². The summed E-state index contributed by atoms with van der Waals surface area (Å²) in [7, 11) is 0. The van der Waals surface area contributed by atoms with E-state index in [2.05, 4.69) is 5.32 Å². The Morgan fingerprint density at radius 1 is 1.50 bits per heavy atom. The van der Waals surface area contributed by atoms with Crippen molar-refractivity contribution in [3.05, 3.63) is 0 Å². The van der Waals surface area contributed by atoms with Crippen LogP contribution in [0, 0.1) is 0 Å². The lowest BCUT2D eigenvalue weighted by molar-refractivity contribution is -0.128. The first kappa shape index (κ1) is 14.8. The normalized spacial score (nSPS) is 17.8. The fourth-order valence-electron chi connectivity index (χ4n) is 1.91. The van der Waals surface area contributed by atoms with E-state index in [1.54, 1.807) is 0 Å². The number of nitrogens with one attached hydrogen (secondary N) is 1. The second kappa shape index (κ2) is 6.07. The summed E-state index contributed by atoms with van der Waals surface area (Å²) in [6.07, 6.45) is 1.91. The number of nitrogens with zero attached hydrogens (tertiary/aromatic N) is 1. The standard InChI is InChI=1S/C13H24N2O3/c1-5-10(9-15-8-6-7-11(15)16)14-12(17)18-13(2,3)4/h10H,5-9H2,1-4H3,(H,14,17). The van der Waals surface area contributed by atoms with Crippen molar-refractivity contribution in [1.82, 2.24) is 10.2 Å². The van der Waals surface area contributed by atoms with Gasteiger partial charge in [0.2, 0.25) is 5.91 Å². The number of rotatable bonds is 4. The lowest BCUT2D eigenvalue weighted by Crippen LogP contribution is -2.45. The molecule has 1 heterocycles. The van der Waals surface area contributed by atoms with Gasteiger partial charge < -0.3 is 15.0 Å². The Hall–Kier alpha value is -1.26. The first-order chi connectivity index (χ1) is 8.31. The van der Waals surface area contributed by atoms with Crippen LogP contribution in [0.5, 0.6) is 0 Å². The number of hydrogen-bond donors (Lipinski definition) is 1. The summed E-state index contributed by atoms with van der Waals surface area (Å²) in [5.74, 6) is 0.180. The van der Waals surface area contributed by atoms with Crippen LogP contribution < -0.4 is 5.32 Å². The van der Waals surface area contributed by atoms with E-state index in [1.807, 2.05) is 32.6 Å². The van der Waals surface area contributed by atoms with E-state index in [9.17, 15) is 9.59 Å². The number of carbonyl (C=O) groups excluding carboxylic acids is 2. The molecule has 2 amide bonds. The largest absolute Gasteiger partial charge is 0.444 e. The number of likely N-dealkylation sites (tertiary alicyclic amines) is 1. The number of alkyl carbamates (subject to hydrolysis) is 1. The van der Waals surface area contributed by atoms with Gasteiger partial charge in [-0.3, -0.25) is 4.79 Å². The summed E-state index contributed by atoms with van der Waals surface area (Å²) in [6, 6.07) is -0.0399. The second-order valence-electron chi connectivity index (χ2n) is 5.69. The van der Waals surface area contributed by atoms with Crippen LogP contribution in [0.1, 0.15) is 47.0 Å². The summed E-state index contributed by atoms with van der Waals surface area (Å²) in [5.41, 5.74) is -0.494. The molecular formula is C13H24N2O3. The van der Waals surface area contributed by atoms with Gasteiger partial charge in [-0.2, -0.15) is 0 Å². The Morgan fingerprint density at radius 3 is 2.61 bits per heavy atom. The molecule has 1 N–H and O–H groups in total. The highest BCUT2D eigenvalue weighted by Crippen LogP contribution is 2.12. The van der Waals surface area contributed by atoms with Crippen molar-refractivity contribution in [2.24, 2.45) is 0 Å². The monoisotopic (exact) mass is 256 g/mol. The third kappa shape index (κ3) is 4.94. The van der Waals surface area contributed by atoms with Crippen molar-refractivity contribution in [3.63, 3.8) is 0 Å². The van der Waals surface area contributed by atoms with E-state index >= 15 is 0 Å². The number of amides is 2. The molecule has 1 fully saturated rings. The van der Waals surface area contributed by atoms with Gasteiger partial charge in [0.15, 0.2) is 0 Å². The molecule has 0 aliphatic carbocycles. The van der Waals surface area contributed by atoms with Crippen LogP contribution in [0.3, 0.4) is 0 Å². The third-order valence-corrected chi connectivity index (χ3v) is 2.83. The average molecular weight is 256 g/mol. The van der Waals surface area contributed by atoms with Gasteiger partial charge in [0.25, 0.3) is 0 Å². The number of ether oxygens (including phenoxy) is 1. The fourth-order valence-corrected chi connectivity index (χ4v) is 1.91. The molecule has 104 valence electrons. The van der Waals surface area contributed by atoms with Crippen LogP contribution in [0.25, 0.3) is 0 Å². The molecule has 1 saturated heterocycles. The first-order valence-corrected chi connectivity index (χ1v) is 6.59. The van der Waals surface area contributed by atoms with E-state index < -0.39 is 11.7 Å². The van der Waals surface area contributed by atoms with Crippen LogP contribution in [-0.2, 0) is 9.53 Å². The summed E-state index contributed by atoms with van der Waals surface area (Å²) >= 11 is 0. The summed E-state index contributed by atoms with van der Waals surface area (Å²) in [6.45, 7) is 8.86. The quantitative estimate of drug-likeness (QED) is 0.836. The molecule has 1 aliphatic rings. The van der Waals surface area contributed by atoms with E-state index in [-0.39, 0.29) is 11.9 Å². The zero-order valence-electron chi connectivity index (χ0n) is 11.8. The van der Waals surface area contributed by atoms with Crippen LogP contribution >= 0.6 is 0 Å². The van der Waals surface area contributed by atoms with Crippen molar-refractivity contribution < 1.29 is 14.3 Å². The minimum Gasteiger partial charge on any atom is -0.444 e. The Balaban J connectivity index is 2.42. The zero-order valence-corrected chi connectivity index (χ0v) is 11.8. The molecule has 5 heteroatoms. The molecule has 18 heavy (non-hydrogen) atoms. The van der Waals surface area contributed by atoms with Gasteiger partial charge in [-0.1, -0.05) is 6.92 Å². The van der Waals surface area contributed by atoms with Gasteiger partial charge in [0, 0.05) is 25.6 Å². The fraction of sp³-hybridized carbons (Fsp3) is 0.846. The van der Waals surface area contributed by atoms with Crippen molar-refractivity contribution in [1.29, 1.82) is 0 Å². The topological polar surface area (TPSA) is 58.6 Å². The highest BCUT2D eigenvalue weighted by Gasteiger charge is 2.25. The molecule has 0 aromatic carbocycles. The molecular weight excluding hydrogens is 232 g/mol. The van der Waals surface area contributed by atoms with Crippen molar-refractivity contribution in [3.8, 4) is 0 Å². The summed E-state index contributed by atoms with van der Waals surface area (Å²) in [4.78, 5) is 25.0. The molecule has 1 rings (SSSR count). The van der Waals surface area contributed by atoms with E-state index in [0.717, 1.165) is 19.4 Å². The van der Waals surface area contributed by atoms with E-state index in [4.69, 9.17) is 4.74 Å². The van der Waals surface area contributed by atoms with Crippen LogP contribution in [0.2, 0.25) is 0 Å². The number of hydrogen-bond acceptors (Lipinski definition) is 3. The highest BCUT2D eigenvalue weighted by molar-refractivity contribution is 5.78. The molecule has 1 atom stereocenters. The lowest BCUT2D eigenvalue weighted by Gasteiger charge is -2.26. The van der Waals surface area contributed by atoms with Gasteiger partial charge in [0.1, 0.15) is 5.60 Å². The van der Waals surface area contributed by atoms with Crippen LogP contribution in [0.15, 0.2) is 0 Å². The molecule has 1 unspecified atom stereocenters. The minimum atomic E-state index is -0.494. The Labute approximate surface area is 109 Å². The third-order valence-electron chi connectivity index (χ3n) is 2.83. The van der Waals surface area contributed by atoms with Gasteiger partial charge in [0.05, 0.1) is 0 Å². The molecule has 5 nitrogen and oxygen atoms in total. The highest BCUT2D eigenvalue weighted by atomic mass is 16.6. The predicted octanol–water partition coefficient (Wildman–Crippen LogP) is 1.91. The molecule has 1 aliphatic heterocycles. The Bertz CT molecular complexity index is 310. The van der Waals surface area contributed by atoms with E-state index in [0.29, 0.717) is 13.0 Å². The van der Waals surface area contributed by atoms with Crippen LogP contribution in [0.4, 0.5) is 4.79 Å². The smallest absolute Gasteiger partial charge is 0.407 e. The summed E-state index contributed by atoms with van der Waals surface area (Å²) < 4.78 is 5.21. The zero-order chi connectivity index (χ0) is 13.8. The van der Waals surface area contributed by atoms with Gasteiger partial charge in [-0.05, 0) is 33.6 Å². The molecule has 0 saturated carbocycles. The number of carbonyl (C=O) groups is 2. The maximum Gasteiger partial charge on any atom is 0.407 e. The van der Waals surface area contributed by atoms with Crippen molar-refractivity contribution in [2.75, 3.05) is 13.1 Å². The van der Waals surface area contributed by atoms with Crippen molar-refractivity contribution in [2.45, 2.75) is 58.6 Å².